The predicted molar refractivity (Wildman–Crippen MR) is 72.6 cm³/mol. The van der Waals surface area contributed by atoms with Crippen molar-refractivity contribution in [2.45, 2.75) is 20.4 Å². The Morgan fingerprint density at radius 1 is 1.35 bits per heavy atom. The van der Waals surface area contributed by atoms with Crippen LogP contribution >= 0.6 is 11.3 Å². The number of nitrogens with one attached hydrogen (secondary N) is 2. The molecule has 0 spiro atoms. The molecule has 0 fully saturated rings. The second-order valence-corrected chi connectivity index (χ2v) is 4.72. The molecule has 2 aromatic heterocycles. The number of rotatable bonds is 5. The van der Waals surface area contributed by atoms with E-state index in [1.165, 1.54) is 4.88 Å². The van der Waals surface area contributed by atoms with E-state index in [-0.39, 0.29) is 0 Å². The molecule has 0 aliphatic carbocycles. The monoisotopic (exact) mass is 248 g/mol. The molecule has 0 saturated carbocycles. The predicted octanol–water partition coefficient (Wildman–Crippen LogP) is 2.89. The minimum atomic E-state index is 0.673. The molecule has 17 heavy (non-hydrogen) atoms. The van der Waals surface area contributed by atoms with E-state index < -0.39 is 0 Å². The molecule has 4 nitrogen and oxygen atoms in total. The van der Waals surface area contributed by atoms with Gasteiger partial charge >= 0.3 is 0 Å². The fourth-order valence-electron chi connectivity index (χ4n) is 1.45. The summed E-state index contributed by atoms with van der Waals surface area (Å²) in [6.07, 6.45) is 1.84. The second-order valence-electron chi connectivity index (χ2n) is 3.69. The van der Waals surface area contributed by atoms with Crippen LogP contribution in [0.15, 0.2) is 23.7 Å². The Hall–Kier alpha value is -1.62. The maximum atomic E-state index is 4.43. The third-order valence-electron chi connectivity index (χ3n) is 2.32. The topological polar surface area (TPSA) is 49.8 Å². The minimum Gasteiger partial charge on any atom is -0.365 e. The van der Waals surface area contributed by atoms with E-state index in [9.17, 15) is 0 Å². The number of thiophene rings is 1. The Morgan fingerprint density at radius 3 is 2.94 bits per heavy atom. The van der Waals surface area contributed by atoms with Crippen LogP contribution in [0.4, 0.5) is 11.8 Å². The normalized spacial score (nSPS) is 10.2. The average molecular weight is 248 g/mol. The summed E-state index contributed by atoms with van der Waals surface area (Å²) < 4.78 is 0. The standard InChI is InChI=1S/C12H16N4S/c1-3-13-12-15-7-9(2)11(16-12)14-8-10-5-4-6-17-10/h4-7H,3,8H2,1-2H3,(H2,13,14,15,16). The van der Waals surface area contributed by atoms with Crippen molar-refractivity contribution in [1.29, 1.82) is 0 Å². The molecular formula is C12H16N4S. The first-order valence-corrected chi connectivity index (χ1v) is 6.51. The van der Waals surface area contributed by atoms with Gasteiger partial charge in [0.1, 0.15) is 5.82 Å². The Balaban J connectivity index is 2.06. The van der Waals surface area contributed by atoms with Crippen molar-refractivity contribution in [2.24, 2.45) is 0 Å². The van der Waals surface area contributed by atoms with Gasteiger partial charge in [-0.1, -0.05) is 6.07 Å². The van der Waals surface area contributed by atoms with E-state index in [4.69, 9.17) is 0 Å². The van der Waals surface area contributed by atoms with Crippen LogP contribution in [0.25, 0.3) is 0 Å². The average Bonchev–Trinajstić information content (AvgIpc) is 2.83. The van der Waals surface area contributed by atoms with Crippen molar-refractivity contribution in [3.8, 4) is 0 Å². The molecule has 2 heterocycles. The lowest BCUT2D eigenvalue weighted by Gasteiger charge is -2.09. The van der Waals surface area contributed by atoms with Crippen LogP contribution in [-0.4, -0.2) is 16.5 Å². The molecule has 5 heteroatoms. The first-order chi connectivity index (χ1) is 8.29. The Morgan fingerprint density at radius 2 is 2.24 bits per heavy atom. The molecule has 90 valence electrons. The van der Waals surface area contributed by atoms with Gasteiger partial charge in [-0.25, -0.2) is 4.98 Å². The fraction of sp³-hybridized carbons (Fsp3) is 0.333. The maximum absolute atomic E-state index is 4.43. The van der Waals surface area contributed by atoms with Crippen LogP contribution in [0.2, 0.25) is 0 Å². The van der Waals surface area contributed by atoms with Gasteiger partial charge in [-0.05, 0) is 25.3 Å². The molecule has 0 radical (unpaired) electrons. The third kappa shape index (κ3) is 3.17. The van der Waals surface area contributed by atoms with Gasteiger partial charge in [0.05, 0.1) is 6.54 Å². The minimum absolute atomic E-state index is 0.673. The fourth-order valence-corrected chi connectivity index (χ4v) is 2.09. The molecule has 0 aliphatic heterocycles. The molecule has 0 unspecified atom stereocenters. The molecule has 0 bridgehead atoms. The SMILES string of the molecule is CCNc1ncc(C)c(NCc2cccs2)n1. The van der Waals surface area contributed by atoms with E-state index >= 15 is 0 Å². The summed E-state index contributed by atoms with van der Waals surface area (Å²) in [5.74, 6) is 1.57. The van der Waals surface area contributed by atoms with Gasteiger partial charge in [0.2, 0.25) is 5.95 Å². The maximum Gasteiger partial charge on any atom is 0.224 e. The summed E-state index contributed by atoms with van der Waals surface area (Å²) in [7, 11) is 0. The number of anilines is 2. The van der Waals surface area contributed by atoms with Gasteiger partial charge in [-0.2, -0.15) is 4.98 Å². The van der Waals surface area contributed by atoms with Crippen LogP contribution in [0.1, 0.15) is 17.4 Å². The second kappa shape index (κ2) is 5.63. The van der Waals surface area contributed by atoms with Crippen LogP contribution < -0.4 is 10.6 Å². The van der Waals surface area contributed by atoms with Crippen LogP contribution in [0.5, 0.6) is 0 Å². The molecule has 2 rings (SSSR count). The summed E-state index contributed by atoms with van der Waals surface area (Å²) in [4.78, 5) is 9.95. The Kier molecular flexibility index (Phi) is 3.93. The zero-order chi connectivity index (χ0) is 12.1. The van der Waals surface area contributed by atoms with Crippen molar-refractivity contribution in [1.82, 2.24) is 9.97 Å². The first kappa shape index (κ1) is 11.9. The zero-order valence-electron chi connectivity index (χ0n) is 10.0. The number of hydrogen-bond donors (Lipinski definition) is 2. The van der Waals surface area contributed by atoms with E-state index in [1.807, 2.05) is 20.0 Å². The molecular weight excluding hydrogens is 232 g/mol. The van der Waals surface area contributed by atoms with E-state index in [0.29, 0.717) is 5.95 Å². The van der Waals surface area contributed by atoms with Gasteiger partial charge in [-0.3, -0.25) is 0 Å². The summed E-state index contributed by atoms with van der Waals surface area (Å²) in [5, 5.41) is 8.52. The molecule has 0 atom stereocenters. The van der Waals surface area contributed by atoms with Gasteiger partial charge < -0.3 is 10.6 Å². The van der Waals surface area contributed by atoms with Gasteiger partial charge in [-0.15, -0.1) is 11.3 Å². The highest BCUT2D eigenvalue weighted by Crippen LogP contribution is 2.15. The third-order valence-corrected chi connectivity index (χ3v) is 3.19. The van der Waals surface area contributed by atoms with Gasteiger partial charge in [0.15, 0.2) is 0 Å². The van der Waals surface area contributed by atoms with Crippen molar-refractivity contribution >= 4 is 23.1 Å². The summed E-state index contributed by atoms with van der Waals surface area (Å²) in [6.45, 7) is 5.67. The van der Waals surface area contributed by atoms with Crippen molar-refractivity contribution < 1.29 is 0 Å². The first-order valence-electron chi connectivity index (χ1n) is 5.63. The lowest BCUT2D eigenvalue weighted by molar-refractivity contribution is 1.04. The molecule has 0 aliphatic rings. The lowest BCUT2D eigenvalue weighted by atomic mass is 10.3. The van der Waals surface area contributed by atoms with Gasteiger partial charge in [0, 0.05) is 23.2 Å². The molecule has 0 aromatic carbocycles. The molecule has 2 N–H and O–H groups in total. The van der Waals surface area contributed by atoms with Crippen molar-refractivity contribution in [3.63, 3.8) is 0 Å². The molecule has 0 saturated heterocycles. The van der Waals surface area contributed by atoms with E-state index in [1.54, 1.807) is 11.3 Å². The van der Waals surface area contributed by atoms with Crippen molar-refractivity contribution in [2.75, 3.05) is 17.2 Å². The van der Waals surface area contributed by atoms with Gasteiger partial charge in [0.25, 0.3) is 0 Å². The smallest absolute Gasteiger partial charge is 0.224 e. The highest BCUT2D eigenvalue weighted by molar-refractivity contribution is 7.09. The largest absolute Gasteiger partial charge is 0.365 e. The van der Waals surface area contributed by atoms with Crippen LogP contribution in [0.3, 0.4) is 0 Å². The van der Waals surface area contributed by atoms with E-state index in [2.05, 4.69) is 38.1 Å². The molecule has 2 aromatic rings. The van der Waals surface area contributed by atoms with Crippen molar-refractivity contribution in [3.05, 3.63) is 34.2 Å². The van der Waals surface area contributed by atoms with E-state index in [0.717, 1.165) is 24.5 Å². The Labute approximate surface area is 105 Å². The number of aromatic nitrogens is 2. The number of nitrogens with zero attached hydrogens (tertiary/aromatic N) is 2. The lowest BCUT2D eigenvalue weighted by Crippen LogP contribution is -2.07. The molecule has 0 amide bonds. The summed E-state index contributed by atoms with van der Waals surface area (Å²) in [5.41, 5.74) is 1.06. The van der Waals surface area contributed by atoms with Crippen LogP contribution in [0, 0.1) is 6.92 Å². The Bertz CT molecular complexity index is 467. The highest BCUT2D eigenvalue weighted by atomic mass is 32.1. The highest BCUT2D eigenvalue weighted by Gasteiger charge is 2.03. The summed E-state index contributed by atoms with van der Waals surface area (Å²) in [6, 6.07) is 4.16. The zero-order valence-corrected chi connectivity index (χ0v) is 10.8. The van der Waals surface area contributed by atoms with Crippen LogP contribution in [-0.2, 0) is 6.54 Å². The quantitative estimate of drug-likeness (QED) is 0.854. The number of aryl methyl sites for hydroxylation is 1. The number of hydrogen-bond acceptors (Lipinski definition) is 5. The summed E-state index contributed by atoms with van der Waals surface area (Å²) >= 11 is 1.74.